The minimum Gasteiger partial charge on any atom is -0.480 e. The Kier molecular flexibility index (Phi) is 2.47. The molecule has 0 unspecified atom stereocenters. The molecule has 0 saturated carbocycles. The van der Waals surface area contributed by atoms with Crippen molar-refractivity contribution < 1.29 is 4.74 Å². The van der Waals surface area contributed by atoms with Crippen molar-refractivity contribution in [3.05, 3.63) is 22.0 Å². The zero-order valence-electron chi connectivity index (χ0n) is 7.42. The zero-order chi connectivity index (χ0) is 9.14. The average molecular weight is 168 g/mol. The molecule has 12 heavy (non-hydrogen) atoms. The first-order valence-corrected chi connectivity index (χ1v) is 3.78. The Morgan fingerprint density at radius 3 is 2.75 bits per heavy atom. The van der Waals surface area contributed by atoms with Crippen molar-refractivity contribution >= 4 is 0 Å². The number of nitrogens with zero attached hydrogens (tertiary/aromatic N) is 1. The van der Waals surface area contributed by atoms with E-state index in [1.807, 2.05) is 13.8 Å². The summed E-state index contributed by atoms with van der Waals surface area (Å²) in [4.78, 5) is 10.9. The number of nitrogens with one attached hydrogen (secondary N) is 1. The van der Waals surface area contributed by atoms with Gasteiger partial charge in [0.2, 0.25) is 5.88 Å². The van der Waals surface area contributed by atoms with Gasteiger partial charge in [0.05, 0.1) is 7.11 Å². The second kappa shape index (κ2) is 3.38. The van der Waals surface area contributed by atoms with E-state index in [4.69, 9.17) is 4.74 Å². The number of ether oxygens (including phenoxy) is 1. The van der Waals surface area contributed by atoms with Gasteiger partial charge in [-0.3, -0.25) is 4.79 Å². The first kappa shape index (κ1) is 8.77. The number of methoxy groups -OCH3 is 1. The Balaban J connectivity index is 3.21. The van der Waals surface area contributed by atoms with Gasteiger partial charge in [-0.1, -0.05) is 13.8 Å². The van der Waals surface area contributed by atoms with Crippen LogP contribution < -0.4 is 10.3 Å². The summed E-state index contributed by atoms with van der Waals surface area (Å²) in [6.45, 7) is 3.97. The Bertz CT molecular complexity index is 317. The fraction of sp³-hybridized carbons (Fsp3) is 0.500. The van der Waals surface area contributed by atoms with Crippen LogP contribution in [0.4, 0.5) is 0 Å². The van der Waals surface area contributed by atoms with Gasteiger partial charge < -0.3 is 4.74 Å². The molecule has 4 heteroatoms. The van der Waals surface area contributed by atoms with E-state index in [-0.39, 0.29) is 11.5 Å². The van der Waals surface area contributed by atoms with Crippen molar-refractivity contribution in [1.82, 2.24) is 10.2 Å². The second-order valence-corrected chi connectivity index (χ2v) is 2.85. The van der Waals surface area contributed by atoms with Gasteiger partial charge in [0.1, 0.15) is 0 Å². The molecule has 1 N–H and O–H groups in total. The first-order chi connectivity index (χ1) is 5.65. The molecule has 0 aromatic carbocycles. The smallest absolute Gasteiger partial charge is 0.264 e. The van der Waals surface area contributed by atoms with Gasteiger partial charge in [-0.25, -0.2) is 5.10 Å². The maximum atomic E-state index is 10.9. The Morgan fingerprint density at radius 1 is 1.58 bits per heavy atom. The molecule has 1 aromatic heterocycles. The molecule has 1 aromatic rings. The monoisotopic (exact) mass is 168 g/mol. The SMILES string of the molecule is COc1n[nH]c(=O)cc1C(C)C. The fourth-order valence-corrected chi connectivity index (χ4v) is 0.983. The summed E-state index contributed by atoms with van der Waals surface area (Å²) in [6, 6.07) is 1.51. The average Bonchev–Trinajstić information content (AvgIpc) is 2.04. The lowest BCUT2D eigenvalue weighted by atomic mass is 10.1. The summed E-state index contributed by atoms with van der Waals surface area (Å²) in [7, 11) is 1.53. The van der Waals surface area contributed by atoms with Crippen LogP contribution in [0.1, 0.15) is 25.3 Å². The van der Waals surface area contributed by atoms with Crippen LogP contribution in [-0.2, 0) is 0 Å². The van der Waals surface area contributed by atoms with E-state index in [0.29, 0.717) is 5.88 Å². The summed E-state index contributed by atoms with van der Waals surface area (Å²) < 4.78 is 4.98. The summed E-state index contributed by atoms with van der Waals surface area (Å²) in [6.07, 6.45) is 0. The molecule has 0 spiro atoms. The quantitative estimate of drug-likeness (QED) is 0.713. The molecule has 0 aliphatic heterocycles. The predicted molar refractivity (Wildman–Crippen MR) is 45.5 cm³/mol. The molecular weight excluding hydrogens is 156 g/mol. The van der Waals surface area contributed by atoms with Crippen LogP contribution in [0, 0.1) is 0 Å². The van der Waals surface area contributed by atoms with E-state index < -0.39 is 0 Å². The fourth-order valence-electron chi connectivity index (χ4n) is 0.983. The van der Waals surface area contributed by atoms with Gasteiger partial charge in [-0.2, -0.15) is 0 Å². The molecule has 0 aliphatic rings. The molecule has 0 fully saturated rings. The molecule has 66 valence electrons. The van der Waals surface area contributed by atoms with Crippen LogP contribution in [0.15, 0.2) is 10.9 Å². The highest BCUT2D eigenvalue weighted by Gasteiger charge is 2.08. The summed E-state index contributed by atoms with van der Waals surface area (Å²) in [5.74, 6) is 0.736. The van der Waals surface area contributed by atoms with Crippen molar-refractivity contribution in [3.63, 3.8) is 0 Å². The summed E-state index contributed by atoms with van der Waals surface area (Å²) in [5.41, 5.74) is 0.640. The van der Waals surface area contributed by atoms with Crippen LogP contribution in [-0.4, -0.2) is 17.3 Å². The number of aromatic amines is 1. The third-order valence-corrected chi connectivity index (χ3v) is 1.62. The Morgan fingerprint density at radius 2 is 2.25 bits per heavy atom. The third-order valence-electron chi connectivity index (χ3n) is 1.62. The van der Waals surface area contributed by atoms with Crippen molar-refractivity contribution in [2.75, 3.05) is 7.11 Å². The molecule has 4 nitrogen and oxygen atoms in total. The zero-order valence-corrected chi connectivity index (χ0v) is 7.42. The predicted octanol–water partition coefficient (Wildman–Crippen LogP) is 0.902. The standard InChI is InChI=1S/C8H12N2O2/c1-5(2)6-4-7(11)9-10-8(6)12-3/h4-5H,1-3H3,(H,9,11). The highest BCUT2D eigenvalue weighted by molar-refractivity contribution is 5.26. The van der Waals surface area contributed by atoms with Gasteiger partial charge in [0, 0.05) is 11.6 Å². The number of hydrogen-bond acceptors (Lipinski definition) is 3. The summed E-state index contributed by atoms with van der Waals surface area (Å²) >= 11 is 0. The van der Waals surface area contributed by atoms with Gasteiger partial charge in [-0.15, -0.1) is 5.10 Å². The molecule has 1 heterocycles. The van der Waals surface area contributed by atoms with Gasteiger partial charge in [0.25, 0.3) is 5.56 Å². The van der Waals surface area contributed by atoms with Crippen molar-refractivity contribution in [1.29, 1.82) is 0 Å². The molecular formula is C8H12N2O2. The maximum absolute atomic E-state index is 10.9. The van der Waals surface area contributed by atoms with E-state index in [2.05, 4.69) is 10.2 Å². The van der Waals surface area contributed by atoms with Crippen LogP contribution in [0.25, 0.3) is 0 Å². The molecule has 0 saturated heterocycles. The van der Waals surface area contributed by atoms with Crippen LogP contribution in [0.2, 0.25) is 0 Å². The second-order valence-electron chi connectivity index (χ2n) is 2.85. The largest absolute Gasteiger partial charge is 0.480 e. The normalized spacial score (nSPS) is 10.3. The van der Waals surface area contributed by atoms with E-state index in [1.165, 1.54) is 13.2 Å². The van der Waals surface area contributed by atoms with Crippen LogP contribution in [0.5, 0.6) is 5.88 Å². The van der Waals surface area contributed by atoms with E-state index in [1.54, 1.807) is 0 Å². The van der Waals surface area contributed by atoms with Gasteiger partial charge in [0.15, 0.2) is 0 Å². The minimum absolute atomic E-state index is 0.195. The lowest BCUT2D eigenvalue weighted by Gasteiger charge is -2.07. The Hall–Kier alpha value is -1.32. The van der Waals surface area contributed by atoms with E-state index >= 15 is 0 Å². The van der Waals surface area contributed by atoms with Gasteiger partial charge in [-0.05, 0) is 5.92 Å². The molecule has 0 bridgehead atoms. The van der Waals surface area contributed by atoms with E-state index in [0.717, 1.165) is 5.56 Å². The molecule has 0 amide bonds. The first-order valence-electron chi connectivity index (χ1n) is 3.78. The van der Waals surface area contributed by atoms with Crippen molar-refractivity contribution in [3.8, 4) is 5.88 Å². The molecule has 1 rings (SSSR count). The summed E-state index contributed by atoms with van der Waals surface area (Å²) in [5, 5.41) is 6.07. The van der Waals surface area contributed by atoms with Crippen molar-refractivity contribution in [2.45, 2.75) is 19.8 Å². The number of aromatic nitrogens is 2. The van der Waals surface area contributed by atoms with E-state index in [9.17, 15) is 4.79 Å². The topological polar surface area (TPSA) is 55.0 Å². The molecule has 0 aliphatic carbocycles. The van der Waals surface area contributed by atoms with Crippen LogP contribution >= 0.6 is 0 Å². The Labute approximate surface area is 70.6 Å². The number of rotatable bonds is 2. The minimum atomic E-state index is -0.195. The van der Waals surface area contributed by atoms with Gasteiger partial charge >= 0.3 is 0 Å². The third kappa shape index (κ3) is 1.64. The lowest BCUT2D eigenvalue weighted by Crippen LogP contribution is -2.11. The highest BCUT2D eigenvalue weighted by atomic mass is 16.5. The van der Waals surface area contributed by atoms with Crippen LogP contribution in [0.3, 0.4) is 0 Å². The number of hydrogen-bond donors (Lipinski definition) is 1. The van der Waals surface area contributed by atoms with Crippen molar-refractivity contribution in [2.24, 2.45) is 0 Å². The maximum Gasteiger partial charge on any atom is 0.264 e. The molecule has 0 atom stereocenters. The highest BCUT2D eigenvalue weighted by Crippen LogP contribution is 2.20. The number of H-pyrrole nitrogens is 1. The lowest BCUT2D eigenvalue weighted by molar-refractivity contribution is 0.383. The molecule has 0 radical (unpaired) electrons.